The van der Waals surface area contributed by atoms with Gasteiger partial charge in [0.25, 0.3) is 0 Å². The second kappa shape index (κ2) is 15.6. The van der Waals surface area contributed by atoms with E-state index in [2.05, 4.69) is 40.9 Å². The van der Waals surface area contributed by atoms with Crippen LogP contribution < -0.4 is 5.32 Å². The minimum Gasteiger partial charge on any atom is -0.379 e. The molecule has 0 saturated heterocycles. The number of nitrogens with zero attached hydrogens (tertiary/aromatic N) is 4. The topological polar surface area (TPSA) is 99.9 Å². The minimum absolute atomic E-state index is 0.0917. The fourth-order valence-electron chi connectivity index (χ4n) is 4.57. The van der Waals surface area contributed by atoms with E-state index in [0.717, 1.165) is 52.7 Å². The first kappa shape index (κ1) is 31.3. The lowest BCUT2D eigenvalue weighted by Crippen LogP contribution is -2.27. The highest BCUT2D eigenvalue weighted by Gasteiger charge is 2.32. The third kappa shape index (κ3) is 8.23. The molecule has 1 aromatic carbocycles. The van der Waals surface area contributed by atoms with Crippen LogP contribution in [0.3, 0.4) is 0 Å². The number of fused-ring (bicyclic) bond motifs is 3. The van der Waals surface area contributed by atoms with Crippen molar-refractivity contribution in [3.8, 4) is 5.00 Å². The van der Waals surface area contributed by atoms with Crippen molar-refractivity contribution in [2.75, 3.05) is 46.2 Å². The average molecular weight is 602 g/mol. The molecule has 2 aromatic heterocycles. The molecular formula is C30H40ClN5O4S. The summed E-state index contributed by atoms with van der Waals surface area (Å²) >= 11 is 7.88. The molecule has 3 heterocycles. The zero-order chi connectivity index (χ0) is 29.2. The molecule has 0 bridgehead atoms. The molecule has 1 amide bonds. The first-order valence-electron chi connectivity index (χ1n) is 14.3. The van der Waals surface area contributed by atoms with Crippen LogP contribution in [0.5, 0.6) is 0 Å². The van der Waals surface area contributed by atoms with Gasteiger partial charge in [0.15, 0.2) is 5.82 Å². The van der Waals surface area contributed by atoms with Crippen molar-refractivity contribution in [2.45, 2.75) is 59.4 Å². The van der Waals surface area contributed by atoms with Crippen LogP contribution in [0.2, 0.25) is 5.02 Å². The third-order valence-electron chi connectivity index (χ3n) is 6.91. The van der Waals surface area contributed by atoms with E-state index in [0.29, 0.717) is 56.8 Å². The Labute approximate surface area is 251 Å². The third-order valence-corrected chi connectivity index (χ3v) is 8.35. The fraction of sp³-hybridized carbons (Fsp3) is 0.533. The molecule has 9 nitrogen and oxygen atoms in total. The van der Waals surface area contributed by atoms with E-state index >= 15 is 0 Å². The van der Waals surface area contributed by atoms with E-state index in [4.69, 9.17) is 30.8 Å². The fourth-order valence-corrected chi connectivity index (χ4v) is 5.91. The van der Waals surface area contributed by atoms with Gasteiger partial charge in [0.1, 0.15) is 16.9 Å². The smallest absolute Gasteiger partial charge is 0.222 e. The van der Waals surface area contributed by atoms with Gasteiger partial charge >= 0.3 is 0 Å². The summed E-state index contributed by atoms with van der Waals surface area (Å²) in [5.74, 6) is 1.35. The molecule has 0 saturated carbocycles. The van der Waals surface area contributed by atoms with Gasteiger partial charge in [-0.15, -0.1) is 21.5 Å². The maximum Gasteiger partial charge on any atom is 0.222 e. The highest BCUT2D eigenvalue weighted by atomic mass is 35.5. The quantitative estimate of drug-likeness (QED) is 0.216. The van der Waals surface area contributed by atoms with E-state index in [1.54, 1.807) is 11.3 Å². The van der Waals surface area contributed by atoms with Crippen molar-refractivity contribution in [2.24, 2.45) is 4.99 Å². The number of carbonyl (C=O) groups is 1. The van der Waals surface area contributed by atoms with Crippen LogP contribution in [0, 0.1) is 20.8 Å². The first-order chi connectivity index (χ1) is 19.9. The highest BCUT2D eigenvalue weighted by Crippen LogP contribution is 2.39. The van der Waals surface area contributed by atoms with Crippen molar-refractivity contribution in [3.05, 3.63) is 62.5 Å². The Morgan fingerprint density at radius 2 is 1.63 bits per heavy atom. The summed E-state index contributed by atoms with van der Waals surface area (Å²) in [6.07, 6.45) is 3.08. The van der Waals surface area contributed by atoms with Gasteiger partial charge in [0.2, 0.25) is 5.91 Å². The molecule has 222 valence electrons. The molecular weight excluding hydrogens is 562 g/mol. The van der Waals surface area contributed by atoms with Crippen LogP contribution in [0.1, 0.15) is 71.9 Å². The maximum atomic E-state index is 13.0. The zero-order valence-corrected chi connectivity index (χ0v) is 25.9. The number of carbonyl (C=O) groups excluding carboxylic acids is 1. The predicted molar refractivity (Wildman–Crippen MR) is 163 cm³/mol. The van der Waals surface area contributed by atoms with Crippen LogP contribution in [0.25, 0.3) is 5.00 Å². The maximum absolute atomic E-state index is 13.0. The number of benzene rings is 1. The first-order valence-corrected chi connectivity index (χ1v) is 15.5. The van der Waals surface area contributed by atoms with Gasteiger partial charge in [0.05, 0.1) is 38.6 Å². The summed E-state index contributed by atoms with van der Waals surface area (Å²) in [5, 5.41) is 13.5. The van der Waals surface area contributed by atoms with Crippen molar-refractivity contribution in [1.29, 1.82) is 0 Å². The molecule has 41 heavy (non-hydrogen) atoms. The van der Waals surface area contributed by atoms with Gasteiger partial charge in [-0.2, -0.15) is 0 Å². The van der Waals surface area contributed by atoms with E-state index in [1.807, 2.05) is 31.2 Å². The van der Waals surface area contributed by atoms with Crippen LogP contribution in [-0.2, 0) is 19.0 Å². The molecule has 11 heteroatoms. The number of aliphatic imine (C=N–C) groups is 1. The molecule has 0 spiro atoms. The van der Waals surface area contributed by atoms with Gasteiger partial charge in [-0.3, -0.25) is 14.4 Å². The van der Waals surface area contributed by atoms with Gasteiger partial charge in [0, 0.05) is 40.8 Å². The van der Waals surface area contributed by atoms with Crippen LogP contribution in [0.15, 0.2) is 29.3 Å². The summed E-state index contributed by atoms with van der Waals surface area (Å²) < 4.78 is 18.7. The molecule has 0 unspecified atom stereocenters. The lowest BCUT2D eigenvalue weighted by Gasteiger charge is -2.13. The number of unbranched alkanes of at least 4 members (excludes halogenated alkanes) is 1. The minimum atomic E-state index is -0.486. The molecule has 1 atom stereocenters. The van der Waals surface area contributed by atoms with Gasteiger partial charge < -0.3 is 19.5 Å². The number of hydrogen-bond acceptors (Lipinski definition) is 8. The number of hydrogen-bond donors (Lipinski definition) is 1. The summed E-state index contributed by atoms with van der Waals surface area (Å²) in [6, 6.07) is 7.19. The Bertz CT molecular complexity index is 1320. The molecule has 0 aliphatic carbocycles. The number of halogens is 1. The molecule has 0 fully saturated rings. The summed E-state index contributed by atoms with van der Waals surface area (Å²) in [4.78, 5) is 19.4. The average Bonchev–Trinajstić information content (AvgIpc) is 3.43. The van der Waals surface area contributed by atoms with Gasteiger partial charge in [-0.1, -0.05) is 37.1 Å². The number of nitrogens with one attached hydrogen (secondary N) is 1. The number of thiophene rings is 1. The zero-order valence-electron chi connectivity index (χ0n) is 24.4. The Morgan fingerprint density at radius 3 is 2.32 bits per heavy atom. The Morgan fingerprint density at radius 1 is 0.976 bits per heavy atom. The van der Waals surface area contributed by atoms with Crippen LogP contribution in [0.4, 0.5) is 0 Å². The van der Waals surface area contributed by atoms with Crippen molar-refractivity contribution < 1.29 is 19.0 Å². The Kier molecular flexibility index (Phi) is 11.9. The second-order valence-electron chi connectivity index (χ2n) is 10.0. The van der Waals surface area contributed by atoms with E-state index in [1.165, 1.54) is 4.88 Å². The van der Waals surface area contributed by atoms with E-state index in [-0.39, 0.29) is 12.3 Å². The van der Waals surface area contributed by atoms with Crippen molar-refractivity contribution in [3.63, 3.8) is 0 Å². The van der Waals surface area contributed by atoms with Crippen LogP contribution in [-0.4, -0.2) is 72.6 Å². The SMILES string of the molecule is CCCCOCCOCCOCCCNC(=O)C[C@@H]1N=C(c2ccc(Cl)cc2)c2c(sc(C)c2C)-n2c(C)nnc21. The Balaban J connectivity index is 1.33. The largest absolute Gasteiger partial charge is 0.379 e. The molecule has 0 radical (unpaired) electrons. The summed E-state index contributed by atoms with van der Waals surface area (Å²) in [5.41, 5.74) is 3.99. The van der Waals surface area contributed by atoms with Crippen LogP contribution >= 0.6 is 22.9 Å². The lowest BCUT2D eigenvalue weighted by atomic mass is 9.99. The second-order valence-corrected chi connectivity index (χ2v) is 11.6. The van der Waals surface area contributed by atoms with Gasteiger partial charge in [-0.25, -0.2) is 0 Å². The highest BCUT2D eigenvalue weighted by molar-refractivity contribution is 7.15. The molecule has 1 aliphatic rings. The normalized spacial score (nSPS) is 14.4. The van der Waals surface area contributed by atoms with Crippen molar-refractivity contribution in [1.82, 2.24) is 20.1 Å². The number of aromatic nitrogens is 3. The van der Waals surface area contributed by atoms with Gasteiger partial charge in [-0.05, 0) is 51.3 Å². The lowest BCUT2D eigenvalue weighted by molar-refractivity contribution is -0.121. The summed E-state index contributed by atoms with van der Waals surface area (Å²) in [7, 11) is 0. The Hall–Kier alpha value is -2.63. The monoisotopic (exact) mass is 601 g/mol. The number of amides is 1. The summed E-state index contributed by atoms with van der Waals surface area (Å²) in [6.45, 7) is 12.4. The molecule has 3 aromatic rings. The number of ether oxygens (including phenoxy) is 3. The molecule has 1 N–H and O–H groups in total. The number of aryl methyl sites for hydroxylation is 2. The molecule has 4 rings (SSSR count). The van der Waals surface area contributed by atoms with E-state index in [9.17, 15) is 4.79 Å². The van der Waals surface area contributed by atoms with E-state index < -0.39 is 6.04 Å². The number of rotatable bonds is 16. The molecule has 1 aliphatic heterocycles. The van der Waals surface area contributed by atoms with Crippen molar-refractivity contribution >= 4 is 34.6 Å². The standard InChI is InChI=1S/C30H40ClN5O4S/c1-5-6-13-38-15-17-40-18-16-39-14-7-12-32-26(37)19-25-29-35-34-22(4)36(29)30-27(20(2)21(3)41-30)28(33-25)23-8-10-24(31)11-9-23/h8-11,25H,5-7,12-19H2,1-4H3,(H,32,37)/t25-/m0/s1. The predicted octanol–water partition coefficient (Wildman–Crippen LogP) is 5.55.